The number of nitrogens with zero attached hydrogens (tertiary/aromatic N) is 5. The number of nitrogen functional groups attached to an aromatic ring is 1. The zero-order valence-corrected chi connectivity index (χ0v) is 13.0. The lowest BCUT2D eigenvalue weighted by Gasteiger charge is -2.32. The van der Waals surface area contributed by atoms with Gasteiger partial charge in [0, 0.05) is 32.6 Å². The lowest BCUT2D eigenvalue weighted by molar-refractivity contribution is 0.310. The molecule has 1 aromatic rings. The van der Waals surface area contributed by atoms with Crippen molar-refractivity contribution in [3.05, 3.63) is 5.82 Å². The van der Waals surface area contributed by atoms with E-state index < -0.39 is 0 Å². The second-order valence-corrected chi connectivity index (χ2v) is 6.41. The Morgan fingerprint density at radius 2 is 1.71 bits per heavy atom. The molecule has 2 heterocycles. The minimum Gasteiger partial charge on any atom is -0.368 e. The SMILES string of the molecule is CN1CCN(c2nc(N)nc(CC3CCCCC3)n2)CC1. The Labute approximate surface area is 126 Å². The summed E-state index contributed by atoms with van der Waals surface area (Å²) in [4.78, 5) is 17.9. The maximum absolute atomic E-state index is 5.90. The molecule has 6 heteroatoms. The van der Waals surface area contributed by atoms with Gasteiger partial charge in [-0.25, -0.2) is 0 Å². The van der Waals surface area contributed by atoms with Gasteiger partial charge in [-0.3, -0.25) is 0 Å². The van der Waals surface area contributed by atoms with Gasteiger partial charge in [-0.2, -0.15) is 15.0 Å². The van der Waals surface area contributed by atoms with Crippen LogP contribution in [0.2, 0.25) is 0 Å². The number of piperazine rings is 1. The van der Waals surface area contributed by atoms with E-state index in [1.165, 1.54) is 32.1 Å². The van der Waals surface area contributed by atoms with Gasteiger partial charge in [-0.1, -0.05) is 32.1 Å². The van der Waals surface area contributed by atoms with Gasteiger partial charge in [-0.05, 0) is 13.0 Å². The Balaban J connectivity index is 1.70. The number of anilines is 2. The summed E-state index contributed by atoms with van der Waals surface area (Å²) in [5.74, 6) is 2.73. The number of hydrogen-bond acceptors (Lipinski definition) is 6. The Hall–Kier alpha value is -1.43. The molecule has 0 unspecified atom stereocenters. The molecule has 0 atom stereocenters. The molecule has 6 nitrogen and oxygen atoms in total. The molecule has 1 aliphatic carbocycles. The van der Waals surface area contributed by atoms with Gasteiger partial charge >= 0.3 is 0 Å². The molecular formula is C15H26N6. The maximum Gasteiger partial charge on any atom is 0.230 e. The van der Waals surface area contributed by atoms with E-state index in [1.54, 1.807) is 0 Å². The summed E-state index contributed by atoms with van der Waals surface area (Å²) >= 11 is 0. The minimum absolute atomic E-state index is 0.365. The van der Waals surface area contributed by atoms with Gasteiger partial charge in [0.2, 0.25) is 11.9 Å². The molecule has 1 aliphatic heterocycles. The molecule has 116 valence electrons. The molecule has 1 saturated heterocycles. The van der Waals surface area contributed by atoms with E-state index >= 15 is 0 Å². The van der Waals surface area contributed by atoms with Crippen LogP contribution in [-0.2, 0) is 6.42 Å². The van der Waals surface area contributed by atoms with E-state index in [9.17, 15) is 0 Å². The highest BCUT2D eigenvalue weighted by molar-refractivity contribution is 5.35. The third kappa shape index (κ3) is 3.81. The van der Waals surface area contributed by atoms with Crippen LogP contribution >= 0.6 is 0 Å². The molecule has 0 bridgehead atoms. The number of aromatic nitrogens is 3. The lowest BCUT2D eigenvalue weighted by atomic mass is 9.87. The molecule has 0 spiro atoms. The van der Waals surface area contributed by atoms with Crippen molar-refractivity contribution in [3.63, 3.8) is 0 Å². The van der Waals surface area contributed by atoms with Crippen molar-refractivity contribution in [1.82, 2.24) is 19.9 Å². The highest BCUT2D eigenvalue weighted by atomic mass is 15.3. The van der Waals surface area contributed by atoms with Crippen molar-refractivity contribution in [2.45, 2.75) is 38.5 Å². The van der Waals surface area contributed by atoms with E-state index in [2.05, 4.69) is 31.8 Å². The maximum atomic E-state index is 5.90. The molecular weight excluding hydrogens is 264 g/mol. The van der Waals surface area contributed by atoms with Crippen LogP contribution in [0.5, 0.6) is 0 Å². The Morgan fingerprint density at radius 1 is 1.00 bits per heavy atom. The summed E-state index contributed by atoms with van der Waals surface area (Å²) in [5.41, 5.74) is 5.90. The third-order valence-electron chi connectivity index (χ3n) is 4.67. The number of hydrogen-bond donors (Lipinski definition) is 1. The highest BCUT2D eigenvalue weighted by Crippen LogP contribution is 2.26. The zero-order chi connectivity index (χ0) is 14.7. The standard InChI is InChI=1S/C15H26N6/c1-20-7-9-21(10-8-20)15-18-13(17-14(16)19-15)11-12-5-3-2-4-6-12/h12H,2-11H2,1H3,(H2,16,17,18,19). The molecule has 0 radical (unpaired) electrons. The van der Waals surface area contributed by atoms with Crippen LogP contribution < -0.4 is 10.6 Å². The number of rotatable bonds is 3. The van der Waals surface area contributed by atoms with E-state index in [4.69, 9.17) is 5.73 Å². The van der Waals surface area contributed by atoms with E-state index in [1.807, 2.05) is 0 Å². The lowest BCUT2D eigenvalue weighted by Crippen LogP contribution is -2.45. The van der Waals surface area contributed by atoms with Crippen LogP contribution in [0, 0.1) is 5.92 Å². The van der Waals surface area contributed by atoms with Crippen LogP contribution in [0.1, 0.15) is 37.9 Å². The summed E-state index contributed by atoms with van der Waals surface area (Å²) in [6.07, 6.45) is 7.62. The van der Waals surface area contributed by atoms with E-state index in [0.717, 1.165) is 50.3 Å². The second-order valence-electron chi connectivity index (χ2n) is 6.41. The highest BCUT2D eigenvalue weighted by Gasteiger charge is 2.20. The first-order valence-corrected chi connectivity index (χ1v) is 8.14. The van der Waals surface area contributed by atoms with Gasteiger partial charge in [0.25, 0.3) is 0 Å². The smallest absolute Gasteiger partial charge is 0.230 e. The minimum atomic E-state index is 0.365. The predicted molar refractivity (Wildman–Crippen MR) is 84.2 cm³/mol. The first-order chi connectivity index (χ1) is 10.2. The Bertz CT molecular complexity index is 463. The van der Waals surface area contributed by atoms with Crippen molar-refractivity contribution in [2.24, 2.45) is 5.92 Å². The van der Waals surface area contributed by atoms with Crippen molar-refractivity contribution in [3.8, 4) is 0 Å². The molecule has 1 saturated carbocycles. The van der Waals surface area contributed by atoms with Gasteiger partial charge in [0.15, 0.2) is 0 Å². The molecule has 2 aliphatic rings. The quantitative estimate of drug-likeness (QED) is 0.905. The van der Waals surface area contributed by atoms with Crippen molar-refractivity contribution >= 4 is 11.9 Å². The molecule has 2 N–H and O–H groups in total. The molecule has 2 fully saturated rings. The van der Waals surface area contributed by atoms with Crippen LogP contribution in [0.4, 0.5) is 11.9 Å². The number of nitrogens with two attached hydrogens (primary N) is 1. The summed E-state index contributed by atoms with van der Waals surface area (Å²) < 4.78 is 0. The van der Waals surface area contributed by atoms with Crippen LogP contribution in [0.15, 0.2) is 0 Å². The topological polar surface area (TPSA) is 71.2 Å². The van der Waals surface area contributed by atoms with Gasteiger partial charge < -0.3 is 15.5 Å². The van der Waals surface area contributed by atoms with E-state index in [-0.39, 0.29) is 0 Å². The normalized spacial score (nSPS) is 21.7. The predicted octanol–water partition coefficient (Wildman–Crippen LogP) is 1.33. The van der Waals surface area contributed by atoms with Crippen molar-refractivity contribution in [1.29, 1.82) is 0 Å². The summed E-state index contributed by atoms with van der Waals surface area (Å²) in [6, 6.07) is 0. The van der Waals surface area contributed by atoms with Crippen LogP contribution in [-0.4, -0.2) is 53.1 Å². The van der Waals surface area contributed by atoms with E-state index in [0.29, 0.717) is 5.95 Å². The molecule has 0 amide bonds. The fourth-order valence-corrected chi connectivity index (χ4v) is 3.31. The summed E-state index contributed by atoms with van der Waals surface area (Å²) in [6.45, 7) is 4.01. The molecule has 0 aromatic carbocycles. The second kappa shape index (κ2) is 6.56. The van der Waals surface area contributed by atoms with Gasteiger partial charge in [-0.15, -0.1) is 0 Å². The Morgan fingerprint density at radius 3 is 2.43 bits per heavy atom. The average Bonchev–Trinajstić information content (AvgIpc) is 2.48. The molecule has 21 heavy (non-hydrogen) atoms. The van der Waals surface area contributed by atoms with Crippen LogP contribution in [0.25, 0.3) is 0 Å². The molecule has 1 aromatic heterocycles. The summed E-state index contributed by atoms with van der Waals surface area (Å²) in [5, 5.41) is 0. The fraction of sp³-hybridized carbons (Fsp3) is 0.800. The van der Waals surface area contributed by atoms with Crippen molar-refractivity contribution in [2.75, 3.05) is 43.9 Å². The molecule has 3 rings (SSSR count). The van der Waals surface area contributed by atoms with Crippen LogP contribution in [0.3, 0.4) is 0 Å². The Kier molecular flexibility index (Phi) is 4.53. The van der Waals surface area contributed by atoms with Crippen molar-refractivity contribution < 1.29 is 0 Å². The fourth-order valence-electron chi connectivity index (χ4n) is 3.31. The average molecular weight is 290 g/mol. The van der Waals surface area contributed by atoms with Gasteiger partial charge in [0.05, 0.1) is 0 Å². The first kappa shape index (κ1) is 14.5. The first-order valence-electron chi connectivity index (χ1n) is 8.14. The van der Waals surface area contributed by atoms with Gasteiger partial charge in [0.1, 0.15) is 5.82 Å². The monoisotopic (exact) mass is 290 g/mol. The third-order valence-corrected chi connectivity index (χ3v) is 4.67. The zero-order valence-electron chi connectivity index (χ0n) is 13.0. The largest absolute Gasteiger partial charge is 0.368 e. The number of likely N-dealkylation sites (N-methyl/N-ethyl adjacent to an activating group) is 1. The summed E-state index contributed by atoms with van der Waals surface area (Å²) in [7, 11) is 2.15.